The van der Waals surface area contributed by atoms with E-state index in [4.69, 9.17) is 5.11 Å². The maximum absolute atomic E-state index is 12.6. The normalized spacial score (nSPS) is 12.2. The van der Waals surface area contributed by atoms with E-state index in [1.54, 1.807) is 19.1 Å². The van der Waals surface area contributed by atoms with E-state index in [2.05, 4.69) is 5.32 Å². The van der Waals surface area contributed by atoms with E-state index in [-0.39, 0.29) is 24.4 Å². The summed E-state index contributed by atoms with van der Waals surface area (Å²) in [5.74, 6) is 0.292. The van der Waals surface area contributed by atoms with E-state index >= 15 is 0 Å². The third-order valence-corrected chi connectivity index (χ3v) is 3.11. The van der Waals surface area contributed by atoms with E-state index in [1.165, 1.54) is 23.9 Å². The van der Waals surface area contributed by atoms with E-state index in [9.17, 15) is 9.18 Å². The Morgan fingerprint density at radius 3 is 2.71 bits per heavy atom. The molecule has 0 fully saturated rings. The highest BCUT2D eigenvalue weighted by atomic mass is 32.2. The Morgan fingerprint density at radius 1 is 1.47 bits per heavy atom. The van der Waals surface area contributed by atoms with Crippen LogP contribution in [0, 0.1) is 5.82 Å². The molecule has 0 saturated carbocycles. The molecule has 94 valence electrons. The fourth-order valence-corrected chi connectivity index (χ4v) is 2.04. The monoisotopic (exact) mass is 257 g/mol. The Bertz CT molecular complexity index is 356. The van der Waals surface area contributed by atoms with Crippen LogP contribution in [0.3, 0.4) is 0 Å². The van der Waals surface area contributed by atoms with Crippen molar-refractivity contribution in [3.63, 3.8) is 0 Å². The maximum Gasteiger partial charge on any atom is 0.221 e. The molecule has 0 aromatic heterocycles. The van der Waals surface area contributed by atoms with Gasteiger partial charge in [0.05, 0.1) is 6.61 Å². The molecule has 0 radical (unpaired) electrons. The molecule has 0 bridgehead atoms. The summed E-state index contributed by atoms with van der Waals surface area (Å²) in [6.45, 7) is 1.68. The highest BCUT2D eigenvalue weighted by Crippen LogP contribution is 2.18. The van der Waals surface area contributed by atoms with Gasteiger partial charge < -0.3 is 10.4 Å². The Hall–Kier alpha value is -1.07. The fraction of sp³-hybridized carbons (Fsp3) is 0.417. The van der Waals surface area contributed by atoms with Gasteiger partial charge >= 0.3 is 0 Å². The molecule has 0 spiro atoms. The second kappa shape index (κ2) is 7.29. The summed E-state index contributed by atoms with van der Waals surface area (Å²) in [5, 5.41) is 11.4. The minimum Gasteiger partial charge on any atom is -0.394 e. The van der Waals surface area contributed by atoms with E-state index in [1.807, 2.05) is 0 Å². The van der Waals surface area contributed by atoms with Crippen molar-refractivity contribution in [3.05, 3.63) is 30.1 Å². The number of halogens is 1. The molecule has 5 heteroatoms. The van der Waals surface area contributed by atoms with Crippen LogP contribution in [-0.2, 0) is 4.79 Å². The number of benzene rings is 1. The zero-order chi connectivity index (χ0) is 12.7. The molecular formula is C12H16FNO2S. The molecule has 17 heavy (non-hydrogen) atoms. The largest absolute Gasteiger partial charge is 0.394 e. The lowest BCUT2D eigenvalue weighted by Gasteiger charge is -2.10. The first-order valence-corrected chi connectivity index (χ1v) is 6.39. The van der Waals surface area contributed by atoms with Gasteiger partial charge in [0, 0.05) is 23.1 Å². The van der Waals surface area contributed by atoms with E-state index in [0.29, 0.717) is 12.2 Å². The smallest absolute Gasteiger partial charge is 0.221 e. The van der Waals surface area contributed by atoms with E-state index in [0.717, 1.165) is 4.90 Å². The summed E-state index contributed by atoms with van der Waals surface area (Å²) in [6.07, 6.45) is 0.381. The lowest BCUT2D eigenvalue weighted by atomic mass is 10.3. The Morgan fingerprint density at radius 2 is 2.12 bits per heavy atom. The molecule has 1 aromatic rings. The minimum atomic E-state index is -0.260. The number of hydrogen-bond acceptors (Lipinski definition) is 3. The van der Waals surface area contributed by atoms with Crippen LogP contribution in [0.1, 0.15) is 13.3 Å². The van der Waals surface area contributed by atoms with Gasteiger partial charge in [-0.15, -0.1) is 11.8 Å². The van der Waals surface area contributed by atoms with Crippen molar-refractivity contribution >= 4 is 17.7 Å². The van der Waals surface area contributed by atoms with Crippen molar-refractivity contribution in [1.82, 2.24) is 5.32 Å². The molecular weight excluding hydrogens is 241 g/mol. The number of rotatable bonds is 6. The van der Waals surface area contributed by atoms with E-state index < -0.39 is 0 Å². The molecule has 0 aliphatic rings. The van der Waals surface area contributed by atoms with Gasteiger partial charge in [-0.1, -0.05) is 0 Å². The lowest BCUT2D eigenvalue weighted by Crippen LogP contribution is -2.35. The maximum atomic E-state index is 12.6. The molecule has 1 rings (SSSR count). The van der Waals surface area contributed by atoms with Gasteiger partial charge in [0.25, 0.3) is 0 Å². The highest BCUT2D eigenvalue weighted by molar-refractivity contribution is 7.99. The summed E-state index contributed by atoms with van der Waals surface area (Å²) in [6, 6.07) is 5.97. The molecule has 0 saturated heterocycles. The molecule has 0 aliphatic heterocycles. The fourth-order valence-electron chi connectivity index (χ4n) is 1.19. The highest BCUT2D eigenvalue weighted by Gasteiger charge is 2.05. The molecule has 3 nitrogen and oxygen atoms in total. The molecule has 0 unspecified atom stereocenters. The van der Waals surface area contributed by atoms with Gasteiger partial charge in [-0.05, 0) is 31.2 Å². The Balaban J connectivity index is 2.23. The van der Waals surface area contributed by atoms with Crippen LogP contribution >= 0.6 is 11.8 Å². The van der Waals surface area contributed by atoms with Crippen LogP contribution in [0.15, 0.2) is 29.2 Å². The van der Waals surface area contributed by atoms with Crippen molar-refractivity contribution < 1.29 is 14.3 Å². The van der Waals surface area contributed by atoms with Crippen LogP contribution < -0.4 is 5.32 Å². The minimum absolute atomic E-state index is 0.0587. The summed E-state index contributed by atoms with van der Waals surface area (Å²) in [5.41, 5.74) is 0. The third-order valence-electron chi connectivity index (χ3n) is 2.09. The Labute approximate surface area is 104 Å². The molecule has 1 aromatic carbocycles. The first-order chi connectivity index (χ1) is 8.11. The van der Waals surface area contributed by atoms with Gasteiger partial charge in [-0.25, -0.2) is 4.39 Å². The van der Waals surface area contributed by atoms with Crippen molar-refractivity contribution in [3.8, 4) is 0 Å². The van der Waals surface area contributed by atoms with Crippen molar-refractivity contribution in [2.75, 3.05) is 12.4 Å². The summed E-state index contributed by atoms with van der Waals surface area (Å²) in [7, 11) is 0. The average molecular weight is 257 g/mol. The second-order valence-electron chi connectivity index (χ2n) is 3.70. The van der Waals surface area contributed by atoms with Gasteiger partial charge in [0.1, 0.15) is 5.82 Å². The number of amides is 1. The van der Waals surface area contributed by atoms with Crippen molar-refractivity contribution in [2.24, 2.45) is 0 Å². The summed E-state index contributed by atoms with van der Waals surface area (Å²) < 4.78 is 12.6. The number of nitrogens with one attached hydrogen (secondary N) is 1. The van der Waals surface area contributed by atoms with Crippen LogP contribution in [0.2, 0.25) is 0 Å². The predicted molar refractivity (Wildman–Crippen MR) is 66.4 cm³/mol. The van der Waals surface area contributed by atoms with Crippen LogP contribution in [0.4, 0.5) is 4.39 Å². The van der Waals surface area contributed by atoms with Crippen molar-refractivity contribution in [2.45, 2.75) is 24.3 Å². The molecule has 1 atom stereocenters. The van der Waals surface area contributed by atoms with Gasteiger partial charge in [0.2, 0.25) is 5.91 Å². The number of hydrogen-bond donors (Lipinski definition) is 2. The zero-order valence-electron chi connectivity index (χ0n) is 9.65. The number of thioether (sulfide) groups is 1. The van der Waals surface area contributed by atoms with Crippen LogP contribution in [-0.4, -0.2) is 29.4 Å². The van der Waals surface area contributed by atoms with Crippen molar-refractivity contribution in [1.29, 1.82) is 0 Å². The molecule has 1 amide bonds. The Kier molecular flexibility index (Phi) is 6.00. The van der Waals surface area contributed by atoms with Crippen LogP contribution in [0.25, 0.3) is 0 Å². The third kappa shape index (κ3) is 5.70. The van der Waals surface area contributed by atoms with Gasteiger partial charge in [0.15, 0.2) is 0 Å². The first-order valence-electron chi connectivity index (χ1n) is 5.40. The predicted octanol–water partition coefficient (Wildman–Crippen LogP) is 1.80. The number of carbonyl (C=O) groups excluding carboxylic acids is 1. The number of aliphatic hydroxyl groups excluding tert-OH is 1. The molecule has 2 N–H and O–H groups in total. The average Bonchev–Trinajstić information content (AvgIpc) is 2.31. The molecule has 0 aliphatic carbocycles. The van der Waals surface area contributed by atoms with Crippen LogP contribution in [0.5, 0.6) is 0 Å². The summed E-state index contributed by atoms with van der Waals surface area (Å²) in [4.78, 5) is 12.3. The second-order valence-corrected chi connectivity index (χ2v) is 4.87. The SMILES string of the molecule is C[C@@H](CO)NC(=O)CCSc1ccc(F)cc1. The standard InChI is InChI=1S/C12H16FNO2S/c1-9(8-15)14-12(16)6-7-17-11-4-2-10(13)3-5-11/h2-5,9,15H,6-8H2,1H3,(H,14,16)/t9-/m0/s1. The van der Waals surface area contributed by atoms with Gasteiger partial charge in [-0.2, -0.15) is 0 Å². The zero-order valence-corrected chi connectivity index (χ0v) is 10.5. The van der Waals surface area contributed by atoms with Gasteiger partial charge in [-0.3, -0.25) is 4.79 Å². The lowest BCUT2D eigenvalue weighted by molar-refractivity contribution is -0.121. The summed E-state index contributed by atoms with van der Waals surface area (Å²) >= 11 is 1.50. The first kappa shape index (κ1) is 14.0. The molecule has 0 heterocycles. The quantitative estimate of drug-likeness (QED) is 0.764. The number of aliphatic hydroxyl groups is 1. The topological polar surface area (TPSA) is 49.3 Å². The number of carbonyl (C=O) groups is 1.